The summed E-state index contributed by atoms with van der Waals surface area (Å²) in [5.74, 6) is 0.402. The Morgan fingerprint density at radius 1 is 1.15 bits per heavy atom. The first-order valence-corrected chi connectivity index (χ1v) is 11.5. The number of hydrogen-bond donors (Lipinski definition) is 3. The van der Waals surface area contributed by atoms with E-state index in [1.54, 1.807) is 61.7 Å². The van der Waals surface area contributed by atoms with Gasteiger partial charge in [0.25, 0.3) is 5.91 Å². The number of hydrogen-bond acceptors (Lipinski definition) is 6. The summed E-state index contributed by atoms with van der Waals surface area (Å²) in [6.07, 6.45) is 10.1. The van der Waals surface area contributed by atoms with Crippen LogP contribution in [-0.4, -0.2) is 39.7 Å². The zero-order valence-corrected chi connectivity index (χ0v) is 19.5. The maximum atomic E-state index is 13.1. The van der Waals surface area contributed by atoms with Crippen molar-refractivity contribution in [3.05, 3.63) is 60.6 Å². The van der Waals surface area contributed by atoms with E-state index in [1.807, 2.05) is 12.1 Å². The van der Waals surface area contributed by atoms with Crippen LogP contribution in [0, 0.1) is 5.92 Å². The van der Waals surface area contributed by atoms with Gasteiger partial charge in [0.15, 0.2) is 0 Å². The minimum Gasteiger partial charge on any atom is -0.481 e. The second-order valence-corrected chi connectivity index (χ2v) is 8.60. The topological polar surface area (TPSA) is 110 Å². The van der Waals surface area contributed by atoms with Crippen molar-refractivity contribution in [2.45, 2.75) is 38.1 Å². The molecule has 1 fully saturated rings. The number of carbonyl (C=O) groups is 2. The molecule has 1 aromatic carbocycles. The summed E-state index contributed by atoms with van der Waals surface area (Å²) in [4.78, 5) is 30.3. The number of carbonyl (C=O) groups excluding carboxylic acids is 2. The predicted octanol–water partition coefficient (Wildman–Crippen LogP) is 3.88. The highest BCUT2D eigenvalue weighted by molar-refractivity contribution is 6.01. The number of nitrogens with one attached hydrogen (secondary N) is 3. The highest BCUT2D eigenvalue weighted by Crippen LogP contribution is 2.29. The summed E-state index contributed by atoms with van der Waals surface area (Å²) < 4.78 is 6.78. The maximum absolute atomic E-state index is 13.1. The number of methoxy groups -OCH3 is 1. The Hall–Kier alpha value is -3.88. The van der Waals surface area contributed by atoms with Crippen LogP contribution in [-0.2, 0) is 11.8 Å². The van der Waals surface area contributed by atoms with E-state index in [2.05, 4.69) is 26.0 Å². The van der Waals surface area contributed by atoms with Gasteiger partial charge in [0.1, 0.15) is 6.04 Å². The zero-order valence-electron chi connectivity index (χ0n) is 19.5. The summed E-state index contributed by atoms with van der Waals surface area (Å²) in [6.45, 7) is 0. The van der Waals surface area contributed by atoms with Crippen LogP contribution in [0.15, 0.2) is 55.0 Å². The lowest BCUT2D eigenvalue weighted by molar-refractivity contribution is -0.118. The third kappa shape index (κ3) is 6.12. The van der Waals surface area contributed by atoms with Gasteiger partial charge in [-0.15, -0.1) is 0 Å². The fraction of sp³-hybridized carbons (Fsp3) is 0.360. The van der Waals surface area contributed by atoms with Gasteiger partial charge in [0.2, 0.25) is 11.8 Å². The lowest BCUT2D eigenvalue weighted by atomic mass is 9.97. The fourth-order valence-electron chi connectivity index (χ4n) is 4.27. The Bertz CT molecular complexity index is 1140. The molecule has 34 heavy (non-hydrogen) atoms. The molecule has 178 valence electrons. The predicted molar refractivity (Wildman–Crippen MR) is 130 cm³/mol. The lowest BCUT2D eigenvalue weighted by Crippen LogP contribution is -2.44. The monoisotopic (exact) mass is 462 g/mol. The van der Waals surface area contributed by atoms with Crippen LogP contribution in [0.25, 0.3) is 0 Å². The minimum absolute atomic E-state index is 0.230. The van der Waals surface area contributed by atoms with Gasteiger partial charge in [0.05, 0.1) is 19.0 Å². The summed E-state index contributed by atoms with van der Waals surface area (Å²) in [5.41, 5.74) is 2.61. The standard InChI is InChI=1S/C25H30N6O3/c1-31-16-21(15-27-31)29-25(33)22(12-17-6-3-4-7-17)30-24(32)18-8-5-9-19(13-18)28-20-10-11-26-23(14-20)34-2/h5,8-11,13-17,22H,3-4,6-7,12H2,1-2H3,(H,26,28)(H,29,33)(H,30,32)/t22-/m0/s1. The normalized spacial score (nSPS) is 14.4. The number of anilines is 3. The van der Waals surface area contributed by atoms with Crippen LogP contribution in [0.4, 0.5) is 17.1 Å². The quantitative estimate of drug-likeness (QED) is 0.445. The molecular formula is C25H30N6O3. The van der Waals surface area contributed by atoms with Crippen molar-refractivity contribution in [2.24, 2.45) is 13.0 Å². The van der Waals surface area contributed by atoms with Crippen molar-refractivity contribution in [3.63, 3.8) is 0 Å². The molecule has 1 aliphatic rings. The van der Waals surface area contributed by atoms with E-state index in [1.165, 1.54) is 12.8 Å². The number of aryl methyl sites for hydroxylation is 1. The fourth-order valence-corrected chi connectivity index (χ4v) is 4.27. The number of amides is 2. The van der Waals surface area contributed by atoms with E-state index in [4.69, 9.17) is 4.74 Å². The molecule has 0 unspecified atom stereocenters. The number of pyridine rings is 1. The average molecular weight is 463 g/mol. The van der Waals surface area contributed by atoms with Crippen molar-refractivity contribution >= 4 is 28.9 Å². The first-order chi connectivity index (χ1) is 16.5. The van der Waals surface area contributed by atoms with Crippen LogP contribution in [0.1, 0.15) is 42.5 Å². The van der Waals surface area contributed by atoms with E-state index >= 15 is 0 Å². The molecule has 3 N–H and O–H groups in total. The minimum atomic E-state index is -0.628. The SMILES string of the molecule is COc1cc(Nc2cccc(C(=O)N[C@@H](CC3CCCC3)C(=O)Nc3cnn(C)c3)c2)ccn1. The van der Waals surface area contributed by atoms with Gasteiger partial charge >= 0.3 is 0 Å². The first kappa shape index (κ1) is 23.3. The van der Waals surface area contributed by atoms with Crippen molar-refractivity contribution in [1.29, 1.82) is 0 Å². The van der Waals surface area contributed by atoms with Gasteiger partial charge in [0, 0.05) is 42.4 Å². The van der Waals surface area contributed by atoms with Gasteiger partial charge < -0.3 is 20.7 Å². The number of benzene rings is 1. The smallest absolute Gasteiger partial charge is 0.252 e. The Morgan fingerprint density at radius 3 is 2.68 bits per heavy atom. The van der Waals surface area contributed by atoms with Crippen molar-refractivity contribution < 1.29 is 14.3 Å². The molecular weight excluding hydrogens is 432 g/mol. The molecule has 3 aromatic rings. The number of aromatic nitrogens is 3. The molecule has 1 aliphatic carbocycles. The van der Waals surface area contributed by atoms with Crippen molar-refractivity contribution in [1.82, 2.24) is 20.1 Å². The molecule has 1 atom stereocenters. The van der Waals surface area contributed by atoms with E-state index in [9.17, 15) is 9.59 Å². The zero-order chi connectivity index (χ0) is 23.9. The van der Waals surface area contributed by atoms with Gasteiger partial charge in [-0.05, 0) is 36.6 Å². The second kappa shape index (κ2) is 10.8. The van der Waals surface area contributed by atoms with Crippen LogP contribution in [0.5, 0.6) is 5.88 Å². The molecule has 2 aromatic heterocycles. The van der Waals surface area contributed by atoms with E-state index < -0.39 is 6.04 Å². The van der Waals surface area contributed by atoms with Gasteiger partial charge in [-0.2, -0.15) is 5.10 Å². The van der Waals surface area contributed by atoms with Crippen LogP contribution in [0.2, 0.25) is 0 Å². The molecule has 9 heteroatoms. The molecule has 0 spiro atoms. The molecule has 9 nitrogen and oxygen atoms in total. The van der Waals surface area contributed by atoms with E-state index in [0.717, 1.165) is 24.2 Å². The van der Waals surface area contributed by atoms with E-state index in [0.29, 0.717) is 29.5 Å². The maximum Gasteiger partial charge on any atom is 0.252 e. The third-order valence-electron chi connectivity index (χ3n) is 6.00. The lowest BCUT2D eigenvalue weighted by Gasteiger charge is -2.21. The molecule has 0 saturated heterocycles. The molecule has 1 saturated carbocycles. The van der Waals surface area contributed by atoms with Crippen molar-refractivity contribution in [3.8, 4) is 5.88 Å². The first-order valence-electron chi connectivity index (χ1n) is 11.5. The molecule has 2 amide bonds. The van der Waals surface area contributed by atoms with Crippen LogP contribution < -0.4 is 20.7 Å². The Balaban J connectivity index is 1.46. The largest absolute Gasteiger partial charge is 0.481 e. The summed E-state index contributed by atoms with van der Waals surface area (Å²) >= 11 is 0. The number of ether oxygens (including phenoxy) is 1. The Kier molecular flexibility index (Phi) is 7.41. The summed E-state index contributed by atoms with van der Waals surface area (Å²) in [7, 11) is 3.35. The number of nitrogens with zero attached hydrogens (tertiary/aromatic N) is 3. The second-order valence-electron chi connectivity index (χ2n) is 8.60. The highest BCUT2D eigenvalue weighted by Gasteiger charge is 2.27. The Labute approximate surface area is 198 Å². The summed E-state index contributed by atoms with van der Waals surface area (Å²) in [6, 6.07) is 10.1. The molecule has 0 radical (unpaired) electrons. The number of rotatable bonds is 9. The van der Waals surface area contributed by atoms with Crippen LogP contribution in [0.3, 0.4) is 0 Å². The molecule has 0 bridgehead atoms. The Morgan fingerprint density at radius 2 is 1.94 bits per heavy atom. The molecule has 4 rings (SSSR count). The van der Waals surface area contributed by atoms with Crippen molar-refractivity contribution in [2.75, 3.05) is 17.7 Å². The molecule has 2 heterocycles. The van der Waals surface area contributed by atoms with Gasteiger partial charge in [-0.3, -0.25) is 14.3 Å². The summed E-state index contributed by atoms with van der Waals surface area (Å²) in [5, 5.41) is 13.2. The highest BCUT2D eigenvalue weighted by atomic mass is 16.5. The third-order valence-corrected chi connectivity index (χ3v) is 6.00. The van der Waals surface area contributed by atoms with E-state index in [-0.39, 0.29) is 11.8 Å². The van der Waals surface area contributed by atoms with Gasteiger partial charge in [-0.25, -0.2) is 4.98 Å². The van der Waals surface area contributed by atoms with Gasteiger partial charge in [-0.1, -0.05) is 31.7 Å². The average Bonchev–Trinajstić information content (AvgIpc) is 3.50. The van der Waals surface area contributed by atoms with Crippen LogP contribution >= 0.6 is 0 Å². The molecule has 0 aliphatic heterocycles.